The largest absolute Gasteiger partial charge is 0.397 e. The number of aromatic nitrogens is 1. The molecule has 2 fully saturated rings. The molecule has 3 aliphatic heterocycles. The summed E-state index contributed by atoms with van der Waals surface area (Å²) in [5, 5.41) is 2.30. The fourth-order valence-corrected chi connectivity index (χ4v) is 4.86. The lowest BCUT2D eigenvalue weighted by Gasteiger charge is -2.37. The Bertz CT molecular complexity index is 1130. The number of carbonyl (C=O) groups is 3. The normalized spacial score (nSPS) is 21.4. The molecular weight excluding hydrogens is 427 g/mol. The number of benzene rings is 1. The summed E-state index contributed by atoms with van der Waals surface area (Å²) in [6, 6.07) is 3.91. The number of rotatable bonds is 4. The van der Waals surface area contributed by atoms with Crippen molar-refractivity contribution in [3.05, 3.63) is 53.1 Å². The quantitative estimate of drug-likeness (QED) is 0.663. The smallest absolute Gasteiger partial charge is 0.255 e. The van der Waals surface area contributed by atoms with Gasteiger partial charge in [0.15, 0.2) is 0 Å². The number of nitrogens with zero attached hydrogens (tertiary/aromatic N) is 4. The maximum atomic E-state index is 14.5. The lowest BCUT2D eigenvalue weighted by atomic mass is 10.0. The van der Waals surface area contributed by atoms with Crippen LogP contribution in [0.1, 0.15) is 34.3 Å². The first-order valence-electron chi connectivity index (χ1n) is 11.0. The minimum absolute atomic E-state index is 0.182. The Labute approximate surface area is 190 Å². The molecule has 9 nitrogen and oxygen atoms in total. The molecule has 2 saturated heterocycles. The second-order valence-electron chi connectivity index (χ2n) is 8.69. The van der Waals surface area contributed by atoms with E-state index in [9.17, 15) is 18.8 Å². The Morgan fingerprint density at radius 1 is 1.15 bits per heavy atom. The third-order valence-electron chi connectivity index (χ3n) is 6.65. The van der Waals surface area contributed by atoms with Gasteiger partial charge >= 0.3 is 0 Å². The van der Waals surface area contributed by atoms with Crippen LogP contribution in [0.4, 0.5) is 15.8 Å². The fraction of sp³-hybridized carbons (Fsp3) is 0.391. The van der Waals surface area contributed by atoms with Gasteiger partial charge in [-0.3, -0.25) is 29.6 Å². The number of imide groups is 1. The molecule has 1 aromatic carbocycles. The Balaban J connectivity index is 1.32. The van der Waals surface area contributed by atoms with Crippen molar-refractivity contribution in [3.8, 4) is 0 Å². The summed E-state index contributed by atoms with van der Waals surface area (Å²) in [5.41, 5.74) is 9.42. The number of halogens is 1. The SMILES string of the molecule is Nc1cnccc1CN1CCN(c2cc(F)cc3c2CN(C2CCC(=O)NC2=O)C3=O)CC1. The molecule has 0 saturated carbocycles. The minimum atomic E-state index is -0.721. The van der Waals surface area contributed by atoms with Crippen molar-refractivity contribution in [2.24, 2.45) is 0 Å². The third-order valence-corrected chi connectivity index (χ3v) is 6.65. The highest BCUT2D eigenvalue weighted by Crippen LogP contribution is 2.35. The van der Waals surface area contributed by atoms with Gasteiger partial charge in [-0.15, -0.1) is 0 Å². The number of fused-ring (bicyclic) bond motifs is 1. The zero-order chi connectivity index (χ0) is 23.1. The number of nitrogens with one attached hydrogen (secondary N) is 1. The van der Waals surface area contributed by atoms with Gasteiger partial charge in [-0.25, -0.2) is 4.39 Å². The second-order valence-corrected chi connectivity index (χ2v) is 8.69. The molecule has 4 heterocycles. The molecule has 10 heteroatoms. The topological polar surface area (TPSA) is 112 Å². The van der Waals surface area contributed by atoms with Crippen molar-refractivity contribution in [1.82, 2.24) is 20.1 Å². The van der Waals surface area contributed by atoms with Gasteiger partial charge in [0.1, 0.15) is 11.9 Å². The van der Waals surface area contributed by atoms with Gasteiger partial charge in [-0.2, -0.15) is 0 Å². The maximum absolute atomic E-state index is 14.5. The predicted molar refractivity (Wildman–Crippen MR) is 119 cm³/mol. The van der Waals surface area contributed by atoms with E-state index in [1.807, 2.05) is 6.07 Å². The number of nitrogens with two attached hydrogens (primary N) is 1. The summed E-state index contributed by atoms with van der Waals surface area (Å²) < 4.78 is 14.5. The van der Waals surface area contributed by atoms with Crippen molar-refractivity contribution in [2.75, 3.05) is 36.8 Å². The molecule has 0 radical (unpaired) electrons. The molecule has 172 valence electrons. The van der Waals surface area contributed by atoms with Crippen LogP contribution in [-0.4, -0.2) is 64.7 Å². The number of piperidine rings is 1. The number of piperazine rings is 1. The number of hydrogen-bond donors (Lipinski definition) is 2. The zero-order valence-corrected chi connectivity index (χ0v) is 18.1. The van der Waals surface area contributed by atoms with Gasteiger partial charge in [-0.1, -0.05) is 0 Å². The summed E-state index contributed by atoms with van der Waals surface area (Å²) in [4.78, 5) is 46.7. The first-order chi connectivity index (χ1) is 15.9. The summed E-state index contributed by atoms with van der Waals surface area (Å²) in [7, 11) is 0. The molecule has 0 bridgehead atoms. The van der Waals surface area contributed by atoms with E-state index in [1.165, 1.54) is 17.0 Å². The molecule has 2 aromatic rings. The Morgan fingerprint density at radius 2 is 1.94 bits per heavy atom. The highest BCUT2D eigenvalue weighted by molar-refractivity contribution is 6.06. The van der Waals surface area contributed by atoms with Crippen LogP contribution in [0, 0.1) is 5.82 Å². The van der Waals surface area contributed by atoms with E-state index < -0.39 is 17.8 Å². The number of hydrogen-bond acceptors (Lipinski definition) is 7. The third kappa shape index (κ3) is 4.02. The number of carbonyl (C=O) groups excluding carboxylic acids is 3. The van der Waals surface area contributed by atoms with E-state index in [1.54, 1.807) is 12.4 Å². The van der Waals surface area contributed by atoms with Crippen molar-refractivity contribution in [1.29, 1.82) is 0 Å². The summed E-state index contributed by atoms with van der Waals surface area (Å²) in [6.07, 6.45) is 3.83. The van der Waals surface area contributed by atoms with Crippen LogP contribution in [-0.2, 0) is 22.7 Å². The summed E-state index contributed by atoms with van der Waals surface area (Å²) >= 11 is 0. The first kappa shape index (κ1) is 21.3. The lowest BCUT2D eigenvalue weighted by molar-refractivity contribution is -0.136. The fourth-order valence-electron chi connectivity index (χ4n) is 4.86. The average Bonchev–Trinajstić information content (AvgIpc) is 3.11. The van der Waals surface area contributed by atoms with Crippen molar-refractivity contribution < 1.29 is 18.8 Å². The van der Waals surface area contributed by atoms with E-state index in [0.717, 1.165) is 24.2 Å². The monoisotopic (exact) mass is 452 g/mol. The molecule has 3 N–H and O–H groups in total. The molecule has 0 aliphatic carbocycles. The predicted octanol–water partition coefficient (Wildman–Crippen LogP) is 0.886. The van der Waals surface area contributed by atoms with Crippen LogP contribution in [0.25, 0.3) is 0 Å². The minimum Gasteiger partial charge on any atom is -0.397 e. The number of anilines is 2. The van der Waals surface area contributed by atoms with Crippen molar-refractivity contribution in [3.63, 3.8) is 0 Å². The van der Waals surface area contributed by atoms with E-state index in [2.05, 4.69) is 20.1 Å². The summed E-state index contributed by atoms with van der Waals surface area (Å²) in [5.74, 6) is -1.65. The highest BCUT2D eigenvalue weighted by atomic mass is 19.1. The Kier molecular flexibility index (Phi) is 5.45. The first-order valence-corrected chi connectivity index (χ1v) is 11.0. The van der Waals surface area contributed by atoms with E-state index in [-0.39, 0.29) is 31.2 Å². The van der Waals surface area contributed by atoms with Crippen LogP contribution in [0.2, 0.25) is 0 Å². The number of amides is 3. The van der Waals surface area contributed by atoms with E-state index >= 15 is 0 Å². The maximum Gasteiger partial charge on any atom is 0.255 e. The number of pyridine rings is 1. The van der Waals surface area contributed by atoms with Crippen LogP contribution < -0.4 is 16.0 Å². The molecule has 3 aliphatic rings. The average molecular weight is 452 g/mol. The molecule has 1 unspecified atom stereocenters. The standard InChI is InChI=1S/C23H25FN6O3/c24-15-9-16-17(13-30(23(16)33)19-1-2-21(31)27-22(19)32)20(10-15)29-7-5-28(6-8-29)12-14-3-4-26-11-18(14)25/h3-4,9-11,19H,1-2,5-8,12-13,25H2,(H,27,31,32). The van der Waals surface area contributed by atoms with E-state index in [0.29, 0.717) is 36.6 Å². The van der Waals surface area contributed by atoms with Gasteiger partial charge in [0.25, 0.3) is 5.91 Å². The Hall–Kier alpha value is -3.53. The lowest BCUT2D eigenvalue weighted by Crippen LogP contribution is -2.52. The summed E-state index contributed by atoms with van der Waals surface area (Å²) in [6.45, 7) is 3.81. The van der Waals surface area contributed by atoms with Crippen molar-refractivity contribution >= 4 is 29.1 Å². The molecule has 1 atom stereocenters. The van der Waals surface area contributed by atoms with Crippen LogP contribution >= 0.6 is 0 Å². The Morgan fingerprint density at radius 3 is 2.67 bits per heavy atom. The number of nitrogen functional groups attached to an aromatic ring is 1. The van der Waals surface area contributed by atoms with Crippen molar-refractivity contribution in [2.45, 2.75) is 32.0 Å². The van der Waals surface area contributed by atoms with Gasteiger partial charge in [0.05, 0.1) is 11.9 Å². The molecule has 33 heavy (non-hydrogen) atoms. The highest BCUT2D eigenvalue weighted by Gasteiger charge is 2.41. The zero-order valence-electron chi connectivity index (χ0n) is 18.1. The molecular formula is C23H25FN6O3. The van der Waals surface area contributed by atoms with Gasteiger partial charge < -0.3 is 15.5 Å². The van der Waals surface area contributed by atoms with Gasteiger partial charge in [0, 0.05) is 68.7 Å². The van der Waals surface area contributed by atoms with E-state index in [4.69, 9.17) is 5.73 Å². The van der Waals surface area contributed by atoms with Crippen LogP contribution in [0.5, 0.6) is 0 Å². The molecule has 0 spiro atoms. The van der Waals surface area contributed by atoms with Crippen LogP contribution in [0.3, 0.4) is 0 Å². The molecule has 1 aromatic heterocycles. The van der Waals surface area contributed by atoms with Gasteiger partial charge in [0.2, 0.25) is 11.8 Å². The molecule has 3 amide bonds. The molecule has 5 rings (SSSR count). The second kappa shape index (κ2) is 8.43. The van der Waals surface area contributed by atoms with Crippen LogP contribution in [0.15, 0.2) is 30.6 Å². The van der Waals surface area contributed by atoms with Gasteiger partial charge in [-0.05, 0) is 30.2 Å².